The van der Waals surface area contributed by atoms with E-state index in [1.165, 1.54) is 29.5 Å². The zero-order valence-electron chi connectivity index (χ0n) is 16.3. The van der Waals surface area contributed by atoms with Crippen LogP contribution >= 0.6 is 22.9 Å². The number of hydrogen-bond acceptors (Lipinski definition) is 5. The van der Waals surface area contributed by atoms with E-state index in [-0.39, 0.29) is 16.0 Å². The summed E-state index contributed by atoms with van der Waals surface area (Å²) in [6.07, 6.45) is 1.72. The van der Waals surface area contributed by atoms with Crippen molar-refractivity contribution >= 4 is 32.8 Å². The molecule has 0 atom stereocenters. The van der Waals surface area contributed by atoms with E-state index in [1.807, 2.05) is 12.1 Å². The fourth-order valence-corrected chi connectivity index (χ4v) is 4.56. The van der Waals surface area contributed by atoms with Crippen molar-refractivity contribution < 1.29 is 21.6 Å². The Labute approximate surface area is 181 Å². The maximum absolute atomic E-state index is 12.6. The fourth-order valence-electron chi connectivity index (χ4n) is 2.66. The normalized spacial score (nSPS) is 12.9. The molecule has 2 heterocycles. The predicted molar refractivity (Wildman–Crippen MR) is 113 cm³/mol. The van der Waals surface area contributed by atoms with E-state index in [0.717, 1.165) is 16.3 Å². The van der Waals surface area contributed by atoms with Crippen LogP contribution in [0.4, 0.5) is 13.2 Å². The second-order valence-corrected chi connectivity index (χ2v) is 11.0. The zero-order valence-corrected chi connectivity index (χ0v) is 18.7. The molecule has 0 aliphatic carbocycles. The number of rotatable bonds is 4. The van der Waals surface area contributed by atoms with Gasteiger partial charge in [-0.05, 0) is 23.8 Å². The molecule has 160 valence electrons. The summed E-state index contributed by atoms with van der Waals surface area (Å²) in [6.45, 7) is 6.19. The van der Waals surface area contributed by atoms with Crippen molar-refractivity contribution in [2.75, 3.05) is 0 Å². The summed E-state index contributed by atoms with van der Waals surface area (Å²) < 4.78 is 60.5. The smallest absolute Gasteiger partial charge is 0.261 e. The third kappa shape index (κ3) is 4.84. The van der Waals surface area contributed by atoms with Crippen LogP contribution in [0.2, 0.25) is 5.02 Å². The number of pyridine rings is 1. The lowest BCUT2D eigenvalue weighted by Gasteiger charge is -2.17. The summed E-state index contributed by atoms with van der Waals surface area (Å²) >= 11 is 7.63. The Hall–Kier alpha value is -1.97. The number of hydrogen-bond donors (Lipinski definition) is 0. The van der Waals surface area contributed by atoms with Crippen molar-refractivity contribution in [3.63, 3.8) is 0 Å². The van der Waals surface area contributed by atoms with Crippen LogP contribution in [-0.4, -0.2) is 23.9 Å². The second kappa shape index (κ2) is 7.94. The molecule has 3 aromatic rings. The minimum atomic E-state index is -5.31. The molecule has 0 amide bonds. The highest BCUT2D eigenvalue weighted by atomic mass is 35.5. The van der Waals surface area contributed by atoms with Crippen molar-refractivity contribution in [2.24, 2.45) is 0 Å². The molecule has 0 aliphatic rings. The van der Waals surface area contributed by atoms with Crippen LogP contribution in [0.1, 0.15) is 32.0 Å². The summed E-state index contributed by atoms with van der Waals surface area (Å²) in [5.74, 6) is -1.16. The molecule has 4 nitrogen and oxygen atoms in total. The molecule has 0 saturated heterocycles. The van der Waals surface area contributed by atoms with Gasteiger partial charge in [0.25, 0.3) is 9.84 Å². The largest absolute Gasteiger partial charge is 0.497 e. The lowest BCUT2D eigenvalue weighted by Crippen LogP contribution is -2.24. The molecule has 2 aromatic heterocycles. The second-order valence-electron chi connectivity index (χ2n) is 7.74. The van der Waals surface area contributed by atoms with Gasteiger partial charge in [-0.25, -0.2) is 13.4 Å². The molecule has 30 heavy (non-hydrogen) atoms. The number of sulfone groups is 1. The van der Waals surface area contributed by atoms with Gasteiger partial charge in [0.05, 0.1) is 16.5 Å². The van der Waals surface area contributed by atoms with Gasteiger partial charge in [0.1, 0.15) is 5.01 Å². The lowest BCUT2D eigenvalue weighted by atomic mass is 9.91. The van der Waals surface area contributed by atoms with E-state index in [4.69, 9.17) is 11.6 Å². The van der Waals surface area contributed by atoms with Gasteiger partial charge in [-0.15, -0.1) is 11.3 Å². The lowest BCUT2D eigenvalue weighted by molar-refractivity contribution is -0.0437. The van der Waals surface area contributed by atoms with E-state index in [0.29, 0.717) is 11.3 Å². The molecule has 0 bridgehead atoms. The first-order chi connectivity index (χ1) is 13.8. The van der Waals surface area contributed by atoms with Crippen molar-refractivity contribution in [3.8, 4) is 21.8 Å². The molecule has 0 radical (unpaired) electrons. The summed E-state index contributed by atoms with van der Waals surface area (Å²) in [6, 6.07) is 7.84. The van der Waals surface area contributed by atoms with Crippen LogP contribution in [0.25, 0.3) is 21.8 Å². The molecular formula is C20H18ClF3N2O2S2. The quantitative estimate of drug-likeness (QED) is 0.448. The number of nitrogens with zero attached hydrogens (tertiary/aromatic N) is 2. The monoisotopic (exact) mass is 474 g/mol. The van der Waals surface area contributed by atoms with Gasteiger partial charge >= 0.3 is 5.51 Å². The summed E-state index contributed by atoms with van der Waals surface area (Å²) in [5, 5.41) is 2.67. The average molecular weight is 475 g/mol. The van der Waals surface area contributed by atoms with Gasteiger partial charge in [-0.1, -0.05) is 44.5 Å². The summed E-state index contributed by atoms with van der Waals surface area (Å²) in [5.41, 5.74) is -2.58. The van der Waals surface area contributed by atoms with Gasteiger partial charge < -0.3 is 0 Å². The number of thiazole rings is 1. The Kier molecular flexibility index (Phi) is 6.01. The molecular weight excluding hydrogens is 457 g/mol. The van der Waals surface area contributed by atoms with E-state index < -0.39 is 21.1 Å². The highest BCUT2D eigenvalue weighted by Gasteiger charge is 2.45. The van der Waals surface area contributed by atoms with Crippen LogP contribution in [0, 0.1) is 0 Å². The van der Waals surface area contributed by atoms with Crippen LogP contribution < -0.4 is 0 Å². The third-order valence-corrected chi connectivity index (χ3v) is 6.92. The Morgan fingerprint density at radius 1 is 1.10 bits per heavy atom. The minimum absolute atomic E-state index is 0.0412. The van der Waals surface area contributed by atoms with Crippen molar-refractivity contribution in [3.05, 3.63) is 58.2 Å². The van der Waals surface area contributed by atoms with Gasteiger partial charge in [0.2, 0.25) is 0 Å². The van der Waals surface area contributed by atoms with Gasteiger partial charge in [0, 0.05) is 33.8 Å². The minimum Gasteiger partial charge on any atom is -0.261 e. The molecule has 0 fully saturated rings. The molecule has 10 heteroatoms. The zero-order chi connectivity index (χ0) is 22.3. The van der Waals surface area contributed by atoms with Crippen LogP contribution in [0.15, 0.2) is 41.9 Å². The van der Waals surface area contributed by atoms with Crippen molar-refractivity contribution in [2.45, 2.75) is 37.4 Å². The number of aromatic nitrogens is 2. The number of benzene rings is 1. The first-order valence-electron chi connectivity index (χ1n) is 8.78. The van der Waals surface area contributed by atoms with Gasteiger partial charge in [-0.3, -0.25) is 4.98 Å². The fraction of sp³-hybridized carbons (Fsp3) is 0.300. The van der Waals surface area contributed by atoms with Crippen molar-refractivity contribution in [1.29, 1.82) is 0 Å². The highest BCUT2D eigenvalue weighted by molar-refractivity contribution is 7.91. The molecule has 3 rings (SSSR count). The van der Waals surface area contributed by atoms with Crippen molar-refractivity contribution in [1.82, 2.24) is 9.97 Å². The van der Waals surface area contributed by atoms with Gasteiger partial charge in [-0.2, -0.15) is 13.2 Å². The Morgan fingerprint density at radius 2 is 1.80 bits per heavy atom. The van der Waals surface area contributed by atoms with Crippen LogP contribution in [-0.2, 0) is 21.0 Å². The number of alkyl halides is 3. The third-order valence-electron chi connectivity index (χ3n) is 4.30. The van der Waals surface area contributed by atoms with Gasteiger partial charge in [0.15, 0.2) is 0 Å². The standard InChI is InChI=1S/C20H18ClF3N2O2S2/c1-19(2,3)17-9-13(6-7-25-17)18-26-16(10-29-18)14-5-4-12(8-15(14)21)11-30(27,28)20(22,23)24/h4-10H,11H2,1-3H3. The Bertz CT molecular complexity index is 1180. The van der Waals surface area contributed by atoms with Crippen LogP contribution in [0.5, 0.6) is 0 Å². The van der Waals surface area contributed by atoms with E-state index in [2.05, 4.69) is 30.7 Å². The topological polar surface area (TPSA) is 59.9 Å². The maximum atomic E-state index is 12.6. The number of halogens is 4. The molecule has 1 aromatic carbocycles. The first kappa shape index (κ1) is 22.7. The molecule has 0 aliphatic heterocycles. The SMILES string of the molecule is CC(C)(C)c1cc(-c2nc(-c3ccc(CS(=O)(=O)C(F)(F)F)cc3Cl)cs2)ccn1. The predicted octanol–water partition coefficient (Wildman–Crippen LogP) is 6.26. The summed E-state index contributed by atoms with van der Waals surface area (Å²) in [7, 11) is -5.27. The molecule has 0 unspecified atom stereocenters. The van der Waals surface area contributed by atoms with E-state index >= 15 is 0 Å². The Morgan fingerprint density at radius 3 is 2.40 bits per heavy atom. The highest BCUT2D eigenvalue weighted by Crippen LogP contribution is 2.35. The Balaban J connectivity index is 1.89. The molecule has 0 saturated carbocycles. The summed E-state index contributed by atoms with van der Waals surface area (Å²) in [4.78, 5) is 8.98. The first-order valence-corrected chi connectivity index (χ1v) is 11.7. The van der Waals surface area contributed by atoms with Crippen LogP contribution in [0.3, 0.4) is 0 Å². The molecule has 0 N–H and O–H groups in total. The van der Waals surface area contributed by atoms with E-state index in [1.54, 1.807) is 11.6 Å². The average Bonchev–Trinajstić information content (AvgIpc) is 3.10. The molecule has 0 spiro atoms. The van der Waals surface area contributed by atoms with E-state index in [9.17, 15) is 21.6 Å². The maximum Gasteiger partial charge on any atom is 0.497 e.